The number of nitrogens with zero attached hydrogens (tertiary/aromatic N) is 1. The second kappa shape index (κ2) is 12.0. The average Bonchev–Trinajstić information content (AvgIpc) is 3.55. The van der Waals surface area contributed by atoms with Gasteiger partial charge in [-0.1, -0.05) is 140 Å². The van der Waals surface area contributed by atoms with Crippen LogP contribution in [0.4, 0.5) is 17.1 Å². The van der Waals surface area contributed by atoms with Gasteiger partial charge in [0.25, 0.3) is 0 Å². The van der Waals surface area contributed by atoms with Crippen LogP contribution in [0.2, 0.25) is 0 Å². The Balaban J connectivity index is 1.20. The van der Waals surface area contributed by atoms with Crippen molar-refractivity contribution < 1.29 is 0 Å². The second-order valence-electron chi connectivity index (χ2n) is 12.2. The number of anilines is 3. The van der Waals surface area contributed by atoms with Crippen LogP contribution in [0.15, 0.2) is 188 Å². The third kappa shape index (κ3) is 5.04. The molecule has 226 valence electrons. The summed E-state index contributed by atoms with van der Waals surface area (Å²) in [5, 5.41) is 5.09. The summed E-state index contributed by atoms with van der Waals surface area (Å²) in [7, 11) is 0. The monoisotopic (exact) mass is 629 g/mol. The normalized spacial score (nSPS) is 11.3. The molecule has 1 nitrogen and oxygen atoms in total. The van der Waals surface area contributed by atoms with Gasteiger partial charge in [0.2, 0.25) is 0 Å². The highest BCUT2D eigenvalue weighted by molar-refractivity contribution is 7.26. The molecule has 9 rings (SSSR count). The Morgan fingerprint density at radius 1 is 0.354 bits per heavy atom. The summed E-state index contributed by atoms with van der Waals surface area (Å²) in [6.45, 7) is 0. The molecule has 0 saturated heterocycles. The SMILES string of the molecule is c1ccc(-c2ccc(N(c3ccc(-c4cc5ccccc5cc4-c4ccccc4)cc3)c3cccc4c3sc3ccccc34)cc2)cc1. The fraction of sp³-hybridized carbons (Fsp3) is 0. The van der Waals surface area contributed by atoms with Crippen molar-refractivity contribution in [1.82, 2.24) is 0 Å². The molecular formula is C46H31NS. The molecule has 0 bridgehead atoms. The summed E-state index contributed by atoms with van der Waals surface area (Å²) >= 11 is 1.86. The van der Waals surface area contributed by atoms with Gasteiger partial charge in [-0.2, -0.15) is 0 Å². The van der Waals surface area contributed by atoms with Crippen molar-refractivity contribution in [2.75, 3.05) is 4.90 Å². The summed E-state index contributed by atoms with van der Waals surface area (Å²) in [4.78, 5) is 2.41. The minimum absolute atomic E-state index is 1.12. The second-order valence-corrected chi connectivity index (χ2v) is 13.2. The molecule has 0 aliphatic heterocycles. The number of fused-ring (bicyclic) bond motifs is 4. The average molecular weight is 630 g/mol. The smallest absolute Gasteiger partial charge is 0.0640 e. The summed E-state index contributed by atoms with van der Waals surface area (Å²) in [5.74, 6) is 0. The van der Waals surface area contributed by atoms with Crippen molar-refractivity contribution in [3.63, 3.8) is 0 Å². The van der Waals surface area contributed by atoms with E-state index in [2.05, 4.69) is 193 Å². The van der Waals surface area contributed by atoms with E-state index >= 15 is 0 Å². The third-order valence-electron chi connectivity index (χ3n) is 9.26. The highest BCUT2D eigenvalue weighted by atomic mass is 32.1. The molecule has 0 saturated carbocycles. The molecule has 0 amide bonds. The van der Waals surface area contributed by atoms with Crippen LogP contribution in [-0.2, 0) is 0 Å². The lowest BCUT2D eigenvalue weighted by Crippen LogP contribution is -2.10. The van der Waals surface area contributed by atoms with Gasteiger partial charge in [-0.3, -0.25) is 0 Å². The highest BCUT2D eigenvalue weighted by Gasteiger charge is 2.19. The van der Waals surface area contributed by atoms with E-state index in [1.54, 1.807) is 0 Å². The number of benzene rings is 8. The first-order valence-electron chi connectivity index (χ1n) is 16.3. The van der Waals surface area contributed by atoms with Gasteiger partial charge in [0, 0.05) is 26.8 Å². The van der Waals surface area contributed by atoms with E-state index in [0.29, 0.717) is 0 Å². The first-order chi connectivity index (χ1) is 23.8. The number of thiophene rings is 1. The van der Waals surface area contributed by atoms with Crippen molar-refractivity contribution in [1.29, 1.82) is 0 Å². The summed E-state index contributed by atoms with van der Waals surface area (Å²) < 4.78 is 2.59. The lowest BCUT2D eigenvalue weighted by atomic mass is 9.91. The molecule has 48 heavy (non-hydrogen) atoms. The van der Waals surface area contributed by atoms with Crippen molar-refractivity contribution in [2.45, 2.75) is 0 Å². The van der Waals surface area contributed by atoms with E-state index in [9.17, 15) is 0 Å². The molecule has 0 aliphatic rings. The molecule has 2 heteroatoms. The Bertz CT molecular complexity index is 2530. The Labute approximate surface area is 284 Å². The molecule has 0 aliphatic carbocycles. The molecule has 8 aromatic carbocycles. The van der Waals surface area contributed by atoms with Crippen molar-refractivity contribution in [2.24, 2.45) is 0 Å². The molecule has 0 radical (unpaired) electrons. The summed E-state index contributed by atoms with van der Waals surface area (Å²) in [6.07, 6.45) is 0. The van der Waals surface area contributed by atoms with Crippen LogP contribution in [0, 0.1) is 0 Å². The van der Waals surface area contributed by atoms with Gasteiger partial charge < -0.3 is 4.90 Å². The Hall–Kier alpha value is -5.96. The Morgan fingerprint density at radius 2 is 0.833 bits per heavy atom. The summed E-state index contributed by atoms with van der Waals surface area (Å²) in [6, 6.07) is 68.1. The van der Waals surface area contributed by atoms with E-state index < -0.39 is 0 Å². The predicted molar refractivity (Wildman–Crippen MR) is 208 cm³/mol. The molecule has 0 unspecified atom stereocenters. The van der Waals surface area contributed by atoms with E-state index in [1.807, 2.05) is 11.3 Å². The number of rotatable bonds is 6. The van der Waals surface area contributed by atoms with Gasteiger partial charge in [0.15, 0.2) is 0 Å². The molecule has 1 aromatic heterocycles. The van der Waals surface area contributed by atoms with Gasteiger partial charge in [-0.15, -0.1) is 11.3 Å². The van der Waals surface area contributed by atoms with Crippen LogP contribution in [-0.4, -0.2) is 0 Å². The first-order valence-corrected chi connectivity index (χ1v) is 17.2. The molecule has 0 atom stereocenters. The van der Waals surface area contributed by atoms with E-state index in [-0.39, 0.29) is 0 Å². The quantitative estimate of drug-likeness (QED) is 0.177. The van der Waals surface area contributed by atoms with Crippen LogP contribution < -0.4 is 4.90 Å². The minimum Gasteiger partial charge on any atom is -0.309 e. The lowest BCUT2D eigenvalue weighted by molar-refractivity contribution is 1.30. The lowest BCUT2D eigenvalue weighted by Gasteiger charge is -2.26. The van der Waals surface area contributed by atoms with Crippen molar-refractivity contribution in [3.8, 4) is 33.4 Å². The van der Waals surface area contributed by atoms with Gasteiger partial charge in [0.1, 0.15) is 0 Å². The largest absolute Gasteiger partial charge is 0.309 e. The van der Waals surface area contributed by atoms with Crippen LogP contribution >= 0.6 is 11.3 Å². The van der Waals surface area contributed by atoms with Crippen LogP contribution in [0.3, 0.4) is 0 Å². The fourth-order valence-electron chi connectivity index (χ4n) is 6.89. The zero-order chi connectivity index (χ0) is 31.9. The standard InChI is InChI=1S/C46H31NS/c1-3-12-32(13-4-1)33-22-26-38(27-23-33)47(44-20-11-19-41-40-18-9-10-21-45(40)48-46(41)44)39-28-24-35(25-29-39)43-31-37-17-8-7-16-36(37)30-42(43)34-14-5-2-6-15-34/h1-31H. The number of hydrogen-bond donors (Lipinski definition) is 0. The number of hydrogen-bond acceptors (Lipinski definition) is 2. The van der Waals surface area contributed by atoms with Crippen LogP contribution in [0.1, 0.15) is 0 Å². The minimum atomic E-state index is 1.12. The maximum atomic E-state index is 2.41. The van der Waals surface area contributed by atoms with Gasteiger partial charge >= 0.3 is 0 Å². The molecule has 0 spiro atoms. The van der Waals surface area contributed by atoms with Gasteiger partial charge in [-0.25, -0.2) is 0 Å². The first kappa shape index (κ1) is 28.3. The zero-order valence-corrected chi connectivity index (χ0v) is 27.1. The van der Waals surface area contributed by atoms with Crippen LogP contribution in [0.25, 0.3) is 64.3 Å². The van der Waals surface area contributed by atoms with Crippen molar-refractivity contribution >= 4 is 59.3 Å². The third-order valence-corrected chi connectivity index (χ3v) is 10.5. The van der Waals surface area contributed by atoms with E-state index in [4.69, 9.17) is 0 Å². The topological polar surface area (TPSA) is 3.24 Å². The zero-order valence-electron chi connectivity index (χ0n) is 26.3. The highest BCUT2D eigenvalue weighted by Crippen LogP contribution is 2.45. The van der Waals surface area contributed by atoms with Gasteiger partial charge in [-0.05, 0) is 92.7 Å². The maximum Gasteiger partial charge on any atom is 0.0640 e. The molecule has 0 fully saturated rings. The Morgan fingerprint density at radius 3 is 1.48 bits per heavy atom. The molecule has 0 N–H and O–H groups in total. The fourth-order valence-corrected chi connectivity index (χ4v) is 8.10. The summed E-state index contributed by atoms with van der Waals surface area (Å²) in [5.41, 5.74) is 10.8. The predicted octanol–water partition coefficient (Wildman–Crippen LogP) is 13.7. The van der Waals surface area contributed by atoms with Gasteiger partial charge in [0.05, 0.1) is 10.4 Å². The molecule has 9 aromatic rings. The molecule has 1 heterocycles. The molecular weight excluding hydrogens is 599 g/mol. The van der Waals surface area contributed by atoms with Crippen molar-refractivity contribution in [3.05, 3.63) is 188 Å². The maximum absolute atomic E-state index is 2.41. The Kier molecular flexibility index (Phi) is 7.07. The van der Waals surface area contributed by atoms with Crippen LogP contribution in [0.5, 0.6) is 0 Å². The van der Waals surface area contributed by atoms with E-state index in [0.717, 1.165) is 11.4 Å². The van der Waals surface area contributed by atoms with E-state index in [1.165, 1.54) is 70.0 Å².